The zero-order valence-corrected chi connectivity index (χ0v) is 26.9. The van der Waals surface area contributed by atoms with Gasteiger partial charge in [0, 0.05) is 25.9 Å². The third-order valence-electron chi connectivity index (χ3n) is 10.9. The van der Waals surface area contributed by atoms with Gasteiger partial charge in [0.25, 0.3) is 0 Å². The fourth-order valence-electron chi connectivity index (χ4n) is 8.94. The smallest absolute Gasteiger partial charge is 0.159 e. The van der Waals surface area contributed by atoms with Gasteiger partial charge in [0.2, 0.25) is 0 Å². The van der Waals surface area contributed by atoms with Crippen LogP contribution in [0.1, 0.15) is 47.2 Å². The molecule has 3 aromatic heterocycles. The molecule has 0 fully saturated rings. The summed E-state index contributed by atoms with van der Waals surface area (Å²) in [5, 5.41) is 6.85. The topological polar surface area (TPSA) is 16.4 Å². The van der Waals surface area contributed by atoms with Gasteiger partial charge in [-0.25, -0.2) is 0 Å². The maximum atomic E-state index is 6.72. The summed E-state index contributed by atoms with van der Waals surface area (Å²) in [6, 6.07) is 42.9. The molecule has 4 heterocycles. The molecule has 0 radical (unpaired) electrons. The normalized spacial score (nSPS) is 15.9. The highest BCUT2D eigenvalue weighted by molar-refractivity contribution is 7.21. The van der Waals surface area contributed by atoms with Crippen LogP contribution in [0, 0.1) is 0 Å². The minimum Gasteiger partial charge on any atom is -0.454 e. The Morgan fingerprint density at radius 1 is 0.522 bits per heavy atom. The van der Waals surface area contributed by atoms with Gasteiger partial charge in [-0.3, -0.25) is 0 Å². The average Bonchev–Trinajstić information content (AvgIpc) is 3.90. The van der Waals surface area contributed by atoms with Crippen LogP contribution in [0.25, 0.3) is 42.8 Å². The van der Waals surface area contributed by atoms with Gasteiger partial charge in [0.15, 0.2) is 5.58 Å². The lowest BCUT2D eigenvalue weighted by atomic mass is 9.64. The van der Waals surface area contributed by atoms with Crippen molar-refractivity contribution in [3.05, 3.63) is 159 Å². The van der Waals surface area contributed by atoms with E-state index in [4.69, 9.17) is 4.42 Å². The molecule has 11 rings (SSSR count). The quantitative estimate of drug-likeness (QED) is 0.180. The number of hydrogen-bond acceptors (Lipinski definition) is 4. The van der Waals surface area contributed by atoms with E-state index in [1.54, 1.807) is 0 Å². The van der Waals surface area contributed by atoms with Gasteiger partial charge in [-0.05, 0) is 97.7 Å². The largest absolute Gasteiger partial charge is 0.454 e. The predicted molar refractivity (Wildman–Crippen MR) is 193 cm³/mol. The predicted octanol–water partition coefficient (Wildman–Crippen LogP) is 12.2. The van der Waals surface area contributed by atoms with Crippen molar-refractivity contribution in [2.75, 3.05) is 4.90 Å². The minimum atomic E-state index is -0.411. The Bertz CT molecular complexity index is 2550. The third-order valence-corrected chi connectivity index (χ3v) is 12.9. The molecule has 2 aliphatic carbocycles. The van der Waals surface area contributed by atoms with Gasteiger partial charge in [-0.15, -0.1) is 22.7 Å². The summed E-state index contributed by atoms with van der Waals surface area (Å²) in [5.41, 5.74) is 15.7. The van der Waals surface area contributed by atoms with Crippen LogP contribution in [0.15, 0.2) is 130 Å². The lowest BCUT2D eigenvalue weighted by Gasteiger charge is -2.45. The van der Waals surface area contributed by atoms with Crippen molar-refractivity contribution in [1.29, 1.82) is 0 Å². The van der Waals surface area contributed by atoms with Crippen molar-refractivity contribution in [1.82, 2.24) is 0 Å². The molecule has 2 nitrogen and oxygen atoms in total. The molecule has 1 spiro atoms. The Morgan fingerprint density at radius 3 is 2.02 bits per heavy atom. The average molecular weight is 626 g/mol. The molecule has 218 valence electrons. The number of anilines is 3. The molecular weight excluding hydrogens is 599 g/mol. The first-order chi connectivity index (χ1) is 22.6. The molecule has 3 aliphatic rings. The van der Waals surface area contributed by atoms with Crippen LogP contribution < -0.4 is 4.90 Å². The van der Waals surface area contributed by atoms with Crippen LogP contribution in [0.2, 0.25) is 0 Å². The van der Waals surface area contributed by atoms with Crippen molar-refractivity contribution in [3.8, 4) is 20.9 Å². The van der Waals surface area contributed by atoms with Gasteiger partial charge in [-0.1, -0.05) is 86.6 Å². The van der Waals surface area contributed by atoms with Gasteiger partial charge in [-0.2, -0.15) is 0 Å². The molecule has 8 aromatic rings. The van der Waals surface area contributed by atoms with Crippen LogP contribution in [-0.4, -0.2) is 0 Å². The first-order valence-electron chi connectivity index (χ1n) is 15.8. The van der Waals surface area contributed by atoms with Gasteiger partial charge in [0.1, 0.15) is 5.58 Å². The highest BCUT2D eigenvalue weighted by atomic mass is 32.1. The van der Waals surface area contributed by atoms with Crippen LogP contribution >= 0.6 is 22.7 Å². The first-order valence-corrected chi connectivity index (χ1v) is 17.6. The number of fused-ring (bicyclic) bond motifs is 15. The molecule has 0 atom stereocenters. The lowest BCUT2D eigenvalue weighted by Crippen LogP contribution is -2.36. The number of rotatable bonds is 1. The van der Waals surface area contributed by atoms with Gasteiger partial charge in [0.05, 0.1) is 22.5 Å². The molecule has 0 saturated heterocycles. The van der Waals surface area contributed by atoms with E-state index in [1.807, 2.05) is 22.7 Å². The summed E-state index contributed by atoms with van der Waals surface area (Å²) in [5.74, 6) is 0. The van der Waals surface area contributed by atoms with Crippen LogP contribution in [0.3, 0.4) is 0 Å². The second-order valence-corrected chi connectivity index (χ2v) is 15.1. The summed E-state index contributed by atoms with van der Waals surface area (Å²) in [6.07, 6.45) is 0. The molecular formula is C42H27NOS2. The molecule has 5 aromatic carbocycles. The number of thiophene rings is 2. The third kappa shape index (κ3) is 2.81. The molecule has 4 heteroatoms. The van der Waals surface area contributed by atoms with Crippen LogP contribution in [0.4, 0.5) is 17.1 Å². The Balaban J connectivity index is 1.32. The van der Waals surface area contributed by atoms with E-state index in [1.165, 1.54) is 65.6 Å². The van der Waals surface area contributed by atoms with E-state index in [0.717, 1.165) is 27.6 Å². The van der Waals surface area contributed by atoms with Crippen molar-refractivity contribution in [2.45, 2.75) is 24.7 Å². The van der Waals surface area contributed by atoms with E-state index >= 15 is 0 Å². The highest BCUT2D eigenvalue weighted by Gasteiger charge is 2.54. The van der Waals surface area contributed by atoms with Crippen molar-refractivity contribution in [3.63, 3.8) is 0 Å². The number of benzene rings is 5. The second kappa shape index (κ2) is 8.47. The maximum Gasteiger partial charge on any atom is 0.159 e. The Morgan fingerprint density at radius 2 is 1.20 bits per heavy atom. The molecule has 0 N–H and O–H groups in total. The van der Waals surface area contributed by atoms with Crippen molar-refractivity contribution < 1.29 is 4.42 Å². The Hall–Kier alpha value is -4.90. The summed E-state index contributed by atoms with van der Waals surface area (Å²) in [6.45, 7) is 4.76. The second-order valence-electron chi connectivity index (χ2n) is 13.3. The molecule has 0 bridgehead atoms. The molecule has 46 heavy (non-hydrogen) atoms. The van der Waals surface area contributed by atoms with Crippen molar-refractivity contribution in [2.24, 2.45) is 0 Å². The summed E-state index contributed by atoms with van der Waals surface area (Å²) in [7, 11) is 0. The summed E-state index contributed by atoms with van der Waals surface area (Å²) < 4.78 is 6.72. The van der Waals surface area contributed by atoms with Crippen LogP contribution in [0.5, 0.6) is 0 Å². The van der Waals surface area contributed by atoms with E-state index in [0.29, 0.717) is 0 Å². The first kappa shape index (κ1) is 25.3. The maximum absolute atomic E-state index is 6.72. The number of hydrogen-bond donors (Lipinski definition) is 0. The molecule has 1 aliphatic heterocycles. The van der Waals surface area contributed by atoms with E-state index < -0.39 is 5.41 Å². The SMILES string of the molecule is CC1(C)c2ccccc2-c2cc3c(cc21)N(c1cccc2c1oc1ccccc12)c1ccccc1C31c2ccsc2-c2sccc21. The zero-order valence-electron chi connectivity index (χ0n) is 25.3. The Kier molecular flexibility index (Phi) is 4.66. The molecule has 0 unspecified atom stereocenters. The number of nitrogens with zero attached hydrogens (tertiary/aromatic N) is 1. The minimum absolute atomic E-state index is 0.126. The summed E-state index contributed by atoms with van der Waals surface area (Å²) in [4.78, 5) is 5.30. The van der Waals surface area contributed by atoms with E-state index in [-0.39, 0.29) is 5.41 Å². The number of para-hydroxylation sites is 3. The van der Waals surface area contributed by atoms with Gasteiger partial charge < -0.3 is 9.32 Å². The van der Waals surface area contributed by atoms with E-state index in [9.17, 15) is 0 Å². The molecule has 0 saturated carbocycles. The zero-order chi connectivity index (χ0) is 30.4. The highest BCUT2D eigenvalue weighted by Crippen LogP contribution is 2.67. The Labute approximate surface area is 274 Å². The van der Waals surface area contributed by atoms with Crippen LogP contribution in [-0.2, 0) is 10.8 Å². The fraction of sp³-hybridized carbons (Fsp3) is 0.0952. The fourth-order valence-corrected chi connectivity index (χ4v) is 11.0. The van der Waals surface area contributed by atoms with Gasteiger partial charge >= 0.3 is 0 Å². The monoisotopic (exact) mass is 625 g/mol. The standard InChI is InChI=1S/C42H27NOS2/c1-41(2)28-13-5-3-10-24(28)27-22-33-36(23-32(27)41)43(35-16-9-12-26-25-11-4-8-17-37(25)44-38(26)35)34-15-7-6-14-29(34)42(33)30-18-20-45-39(30)40-31(42)19-21-46-40/h3-23H,1-2H3. The van der Waals surface area contributed by atoms with E-state index in [2.05, 4.69) is 145 Å². The molecule has 0 amide bonds. The number of furan rings is 1. The van der Waals surface area contributed by atoms with Crippen molar-refractivity contribution >= 4 is 61.7 Å². The summed E-state index contributed by atoms with van der Waals surface area (Å²) >= 11 is 3.75. The lowest BCUT2D eigenvalue weighted by molar-refractivity contribution is 0.658.